The predicted octanol–water partition coefficient (Wildman–Crippen LogP) is 2.21. The number of hydrogen-bond acceptors (Lipinski definition) is 3. The highest BCUT2D eigenvalue weighted by molar-refractivity contribution is 5.82. The number of carbonyl (C=O) groups excluding carboxylic acids is 1. The van der Waals surface area contributed by atoms with Crippen molar-refractivity contribution in [3.63, 3.8) is 0 Å². The number of likely N-dealkylation sites (tertiary alicyclic amines) is 1. The van der Waals surface area contributed by atoms with Crippen LogP contribution in [-0.4, -0.2) is 43.1 Å². The largest absolute Gasteiger partial charge is 0.480 e. The van der Waals surface area contributed by atoms with Gasteiger partial charge in [-0.05, 0) is 67.8 Å². The summed E-state index contributed by atoms with van der Waals surface area (Å²) in [5.74, 6) is 1.08. The summed E-state index contributed by atoms with van der Waals surface area (Å²) in [6.45, 7) is 8.23. The van der Waals surface area contributed by atoms with Crippen LogP contribution in [0.1, 0.15) is 36.0 Å². The number of rotatable bonds is 1. The van der Waals surface area contributed by atoms with Gasteiger partial charge in [-0.2, -0.15) is 0 Å². The van der Waals surface area contributed by atoms with E-state index in [4.69, 9.17) is 4.74 Å². The number of ether oxygens (including phenoxy) is 1. The van der Waals surface area contributed by atoms with Crippen molar-refractivity contribution in [1.29, 1.82) is 0 Å². The molecule has 0 aromatic heterocycles. The zero-order valence-corrected chi connectivity index (χ0v) is 14.2. The number of benzene rings is 1. The van der Waals surface area contributed by atoms with E-state index in [1.54, 1.807) is 0 Å². The smallest absolute Gasteiger partial charge is 0.263 e. The molecule has 1 amide bonds. The maximum atomic E-state index is 12.8. The summed E-state index contributed by atoms with van der Waals surface area (Å²) in [6, 6.07) is 4.25. The molecule has 0 saturated carbocycles. The highest BCUT2D eigenvalue weighted by atomic mass is 16.5. The summed E-state index contributed by atoms with van der Waals surface area (Å²) in [6.07, 6.45) is 3.92. The Bertz CT molecular complexity index is 594. The molecule has 1 aromatic rings. The summed E-state index contributed by atoms with van der Waals surface area (Å²) < 4.78 is 5.97. The summed E-state index contributed by atoms with van der Waals surface area (Å²) >= 11 is 0. The quantitative estimate of drug-likeness (QED) is 0.864. The Labute approximate surface area is 138 Å². The number of hydrogen-bond donors (Lipinski definition) is 1. The van der Waals surface area contributed by atoms with E-state index in [0.717, 1.165) is 51.2 Å². The van der Waals surface area contributed by atoms with Crippen LogP contribution >= 0.6 is 0 Å². The van der Waals surface area contributed by atoms with Crippen molar-refractivity contribution < 1.29 is 9.53 Å². The van der Waals surface area contributed by atoms with Crippen molar-refractivity contribution >= 4 is 5.91 Å². The summed E-state index contributed by atoms with van der Waals surface area (Å²) in [7, 11) is 0. The molecule has 1 unspecified atom stereocenters. The summed E-state index contributed by atoms with van der Waals surface area (Å²) in [5, 5.41) is 3.48. The molecule has 3 heterocycles. The molecule has 23 heavy (non-hydrogen) atoms. The van der Waals surface area contributed by atoms with Gasteiger partial charge < -0.3 is 15.0 Å². The number of aryl methyl sites for hydroxylation is 2. The van der Waals surface area contributed by atoms with Crippen molar-refractivity contribution in [3.8, 4) is 5.75 Å². The van der Waals surface area contributed by atoms with Crippen molar-refractivity contribution in [2.45, 2.75) is 45.6 Å². The maximum Gasteiger partial charge on any atom is 0.263 e. The van der Waals surface area contributed by atoms with Crippen LogP contribution in [0.25, 0.3) is 0 Å². The van der Waals surface area contributed by atoms with Crippen LogP contribution in [-0.2, 0) is 11.2 Å². The highest BCUT2D eigenvalue weighted by Crippen LogP contribution is 2.38. The first-order chi connectivity index (χ1) is 11.1. The molecule has 4 heteroatoms. The molecule has 0 radical (unpaired) electrons. The Morgan fingerprint density at radius 2 is 1.96 bits per heavy atom. The van der Waals surface area contributed by atoms with Crippen molar-refractivity contribution in [2.75, 3.05) is 26.2 Å². The molecule has 1 N–H and O–H groups in total. The van der Waals surface area contributed by atoms with Gasteiger partial charge in [-0.3, -0.25) is 4.79 Å². The van der Waals surface area contributed by atoms with E-state index in [1.807, 2.05) is 4.90 Å². The Kier molecular flexibility index (Phi) is 3.60. The van der Waals surface area contributed by atoms with Crippen molar-refractivity contribution in [3.05, 3.63) is 28.8 Å². The third-order valence-electron chi connectivity index (χ3n) is 6.09. The first-order valence-electron chi connectivity index (χ1n) is 8.83. The average molecular weight is 314 g/mol. The minimum Gasteiger partial charge on any atom is -0.480 e. The van der Waals surface area contributed by atoms with E-state index in [0.29, 0.717) is 5.41 Å². The molecule has 0 bridgehead atoms. The number of nitrogens with zero attached hydrogens (tertiary/aromatic N) is 1. The van der Waals surface area contributed by atoms with Gasteiger partial charge in [-0.1, -0.05) is 6.07 Å². The van der Waals surface area contributed by atoms with Crippen LogP contribution in [0.15, 0.2) is 12.1 Å². The lowest BCUT2D eigenvalue weighted by atomic mass is 9.78. The summed E-state index contributed by atoms with van der Waals surface area (Å²) in [4.78, 5) is 14.9. The first-order valence-corrected chi connectivity index (χ1v) is 8.83. The highest BCUT2D eigenvalue weighted by Gasteiger charge is 2.40. The van der Waals surface area contributed by atoms with Crippen molar-refractivity contribution in [1.82, 2.24) is 10.2 Å². The zero-order valence-electron chi connectivity index (χ0n) is 14.2. The Morgan fingerprint density at radius 1 is 1.22 bits per heavy atom. The van der Waals surface area contributed by atoms with E-state index in [2.05, 4.69) is 31.3 Å². The molecule has 4 nitrogen and oxygen atoms in total. The molecular formula is C19H26N2O2. The van der Waals surface area contributed by atoms with Gasteiger partial charge in [0, 0.05) is 26.1 Å². The molecule has 4 rings (SSSR count). The van der Waals surface area contributed by atoms with Gasteiger partial charge >= 0.3 is 0 Å². The van der Waals surface area contributed by atoms with Crippen LogP contribution in [0.2, 0.25) is 0 Å². The molecule has 2 saturated heterocycles. The zero-order chi connectivity index (χ0) is 16.0. The SMILES string of the molecule is Cc1cc2c(cc1C)OC(C(=O)N1CCC3(CCNC3)CC1)C2. The van der Waals surface area contributed by atoms with E-state index < -0.39 is 0 Å². The van der Waals surface area contributed by atoms with E-state index in [-0.39, 0.29) is 12.0 Å². The van der Waals surface area contributed by atoms with Gasteiger partial charge in [0.2, 0.25) is 0 Å². The molecule has 1 aromatic carbocycles. The maximum absolute atomic E-state index is 12.8. The van der Waals surface area contributed by atoms with Crippen molar-refractivity contribution in [2.24, 2.45) is 5.41 Å². The van der Waals surface area contributed by atoms with Crippen LogP contribution in [0.3, 0.4) is 0 Å². The van der Waals surface area contributed by atoms with Gasteiger partial charge in [0.25, 0.3) is 5.91 Å². The van der Waals surface area contributed by atoms with Gasteiger partial charge in [0.15, 0.2) is 6.10 Å². The Hall–Kier alpha value is -1.55. The van der Waals surface area contributed by atoms with E-state index in [9.17, 15) is 4.79 Å². The minimum atomic E-state index is -0.318. The monoisotopic (exact) mass is 314 g/mol. The van der Waals surface area contributed by atoms with Crippen LogP contribution < -0.4 is 10.1 Å². The van der Waals surface area contributed by atoms with Gasteiger partial charge in [-0.25, -0.2) is 0 Å². The first kappa shape index (κ1) is 15.0. The predicted molar refractivity (Wildman–Crippen MR) is 89.8 cm³/mol. The number of fused-ring (bicyclic) bond motifs is 1. The lowest BCUT2D eigenvalue weighted by molar-refractivity contribution is -0.140. The van der Waals surface area contributed by atoms with Crippen LogP contribution in [0, 0.1) is 19.3 Å². The molecule has 0 aliphatic carbocycles. The molecule has 3 aliphatic heterocycles. The lowest BCUT2D eigenvalue weighted by Crippen LogP contribution is -2.48. The fourth-order valence-corrected chi connectivity index (χ4v) is 4.28. The molecule has 1 spiro atoms. The molecular weight excluding hydrogens is 288 g/mol. The summed E-state index contributed by atoms with van der Waals surface area (Å²) in [5.41, 5.74) is 4.13. The standard InChI is InChI=1S/C19H26N2O2/c1-13-9-15-11-17(23-16(15)10-14(13)2)18(22)21-7-4-19(5-8-21)3-6-20-12-19/h9-10,17,20H,3-8,11-12H2,1-2H3. The Morgan fingerprint density at radius 3 is 2.65 bits per heavy atom. The van der Waals surface area contributed by atoms with Crippen LogP contribution in [0.5, 0.6) is 5.75 Å². The molecule has 3 aliphatic rings. The lowest BCUT2D eigenvalue weighted by Gasteiger charge is -2.39. The third kappa shape index (κ3) is 2.63. The number of carbonyl (C=O) groups is 1. The van der Waals surface area contributed by atoms with Crippen LogP contribution in [0.4, 0.5) is 0 Å². The topological polar surface area (TPSA) is 41.6 Å². The normalized spacial score (nSPS) is 25.5. The molecule has 2 fully saturated rings. The second-order valence-electron chi connectivity index (χ2n) is 7.61. The third-order valence-corrected chi connectivity index (χ3v) is 6.09. The van der Waals surface area contributed by atoms with E-state index >= 15 is 0 Å². The minimum absolute atomic E-state index is 0.178. The molecule has 124 valence electrons. The fourth-order valence-electron chi connectivity index (χ4n) is 4.28. The van der Waals surface area contributed by atoms with Gasteiger partial charge in [-0.15, -0.1) is 0 Å². The number of piperidine rings is 1. The number of nitrogens with one attached hydrogen (secondary N) is 1. The fraction of sp³-hybridized carbons (Fsp3) is 0.632. The number of amides is 1. The van der Waals surface area contributed by atoms with Gasteiger partial charge in [0.1, 0.15) is 5.75 Å². The van der Waals surface area contributed by atoms with E-state index in [1.165, 1.54) is 23.1 Å². The Balaban J connectivity index is 1.41. The molecule has 1 atom stereocenters. The second-order valence-corrected chi connectivity index (χ2v) is 7.61. The second kappa shape index (κ2) is 5.52. The average Bonchev–Trinajstić information content (AvgIpc) is 3.15. The van der Waals surface area contributed by atoms with Gasteiger partial charge in [0.05, 0.1) is 0 Å².